The lowest BCUT2D eigenvalue weighted by atomic mass is 9.92. The number of azo groups is 1. The average Bonchev–Trinajstić information content (AvgIpc) is 2.55. The predicted molar refractivity (Wildman–Crippen MR) is 82.0 cm³/mol. The number of hydrogen-bond donors (Lipinski definition) is 0. The van der Waals surface area contributed by atoms with Crippen LogP contribution in [-0.2, 0) is 10.5 Å². The van der Waals surface area contributed by atoms with Gasteiger partial charge >= 0.3 is 0 Å². The van der Waals surface area contributed by atoms with Gasteiger partial charge in [-0.3, -0.25) is 0 Å². The van der Waals surface area contributed by atoms with E-state index in [1.54, 1.807) is 6.08 Å². The van der Waals surface area contributed by atoms with Gasteiger partial charge in [-0.2, -0.15) is 15.2 Å². The van der Waals surface area contributed by atoms with Crippen LogP contribution in [-0.4, -0.2) is 12.7 Å². The lowest BCUT2D eigenvalue weighted by Crippen LogP contribution is -2.29. The molecule has 5 heteroatoms. The molecule has 1 unspecified atom stereocenters. The summed E-state index contributed by atoms with van der Waals surface area (Å²) in [5, 5.41) is 8.62. The maximum absolute atomic E-state index is 11.0. The third kappa shape index (κ3) is 2.54. The minimum absolute atomic E-state index is 0.427. The Kier molecular flexibility index (Phi) is 3.81. The Hall–Kier alpha value is -2.78. The monoisotopic (exact) mass is 293 g/mol. The number of benzene rings is 2. The fourth-order valence-electron chi connectivity index (χ4n) is 2.54. The summed E-state index contributed by atoms with van der Waals surface area (Å²) in [6.45, 7) is 2.38. The molecule has 0 saturated carbocycles. The number of para-hydroxylation sites is 1. The first-order valence-electron chi connectivity index (χ1n) is 7.05. The molecule has 0 spiro atoms. The number of aliphatic imine (C=N–C) groups is 1. The number of carbonyl (C=O) groups excluding carboxylic acids is 1. The first-order chi connectivity index (χ1) is 10.7. The normalized spacial score (nSPS) is 20.0. The largest absolute Gasteiger partial charge is 0.493 e. The summed E-state index contributed by atoms with van der Waals surface area (Å²) < 4.78 is 5.72. The Labute approximate surface area is 128 Å². The summed E-state index contributed by atoms with van der Waals surface area (Å²) >= 11 is 0. The standard InChI is InChI=1S/C17H15N3O2/c1-13-6-5-9-15-16(13)22-11-10-17(15,18-12-21)20-19-14-7-3-2-4-8-14/h2-9H,10-11H2,1H3. The molecule has 3 rings (SSSR count). The van der Waals surface area contributed by atoms with Gasteiger partial charge in [-0.1, -0.05) is 36.4 Å². The molecule has 0 radical (unpaired) electrons. The number of ether oxygens (including phenoxy) is 1. The minimum Gasteiger partial charge on any atom is -0.493 e. The molecule has 0 amide bonds. The van der Waals surface area contributed by atoms with Crippen LogP contribution in [0.3, 0.4) is 0 Å². The highest BCUT2D eigenvalue weighted by molar-refractivity contribution is 5.49. The molecule has 110 valence electrons. The van der Waals surface area contributed by atoms with Crippen molar-refractivity contribution in [1.82, 2.24) is 0 Å². The van der Waals surface area contributed by atoms with E-state index < -0.39 is 5.66 Å². The molecule has 0 fully saturated rings. The molecule has 5 nitrogen and oxygen atoms in total. The van der Waals surface area contributed by atoms with Crippen LogP contribution in [0.4, 0.5) is 5.69 Å². The molecule has 1 aliphatic rings. The number of nitrogens with zero attached hydrogens (tertiary/aromatic N) is 3. The first kappa shape index (κ1) is 14.2. The van der Waals surface area contributed by atoms with Crippen LogP contribution < -0.4 is 4.74 Å². The van der Waals surface area contributed by atoms with Crippen molar-refractivity contribution in [2.24, 2.45) is 15.2 Å². The number of isocyanates is 1. The third-order valence-electron chi connectivity index (χ3n) is 3.66. The van der Waals surface area contributed by atoms with Crippen LogP contribution in [0.2, 0.25) is 0 Å². The lowest BCUT2D eigenvalue weighted by Gasteiger charge is -2.30. The Morgan fingerprint density at radius 1 is 1.14 bits per heavy atom. The fourth-order valence-corrected chi connectivity index (χ4v) is 2.54. The maximum Gasteiger partial charge on any atom is 0.237 e. The van der Waals surface area contributed by atoms with Crippen molar-refractivity contribution in [2.75, 3.05) is 6.61 Å². The zero-order valence-corrected chi connectivity index (χ0v) is 12.2. The topological polar surface area (TPSA) is 63.4 Å². The number of aryl methyl sites for hydroxylation is 1. The molecular formula is C17H15N3O2. The molecule has 0 aromatic heterocycles. The van der Waals surface area contributed by atoms with E-state index in [1.807, 2.05) is 55.5 Å². The van der Waals surface area contributed by atoms with E-state index in [4.69, 9.17) is 4.74 Å². The van der Waals surface area contributed by atoms with Gasteiger partial charge in [0.2, 0.25) is 11.7 Å². The van der Waals surface area contributed by atoms with Gasteiger partial charge in [-0.05, 0) is 24.6 Å². The molecule has 22 heavy (non-hydrogen) atoms. The van der Waals surface area contributed by atoms with Crippen molar-refractivity contribution in [3.05, 3.63) is 59.7 Å². The van der Waals surface area contributed by atoms with E-state index in [0.717, 1.165) is 16.9 Å². The van der Waals surface area contributed by atoms with Crippen molar-refractivity contribution in [1.29, 1.82) is 0 Å². The highest BCUT2D eigenvalue weighted by Gasteiger charge is 2.39. The van der Waals surface area contributed by atoms with Crippen LogP contribution in [0.15, 0.2) is 63.8 Å². The van der Waals surface area contributed by atoms with Gasteiger partial charge in [-0.15, -0.1) is 0 Å². The Morgan fingerprint density at radius 3 is 2.73 bits per heavy atom. The van der Waals surface area contributed by atoms with Crippen LogP contribution in [0, 0.1) is 6.92 Å². The minimum atomic E-state index is -1.06. The summed E-state index contributed by atoms with van der Waals surface area (Å²) in [7, 11) is 0. The number of fused-ring (bicyclic) bond motifs is 1. The van der Waals surface area contributed by atoms with E-state index in [-0.39, 0.29) is 0 Å². The zero-order valence-electron chi connectivity index (χ0n) is 12.2. The second kappa shape index (κ2) is 5.92. The molecule has 0 bridgehead atoms. The fraction of sp³-hybridized carbons (Fsp3) is 0.235. The van der Waals surface area contributed by atoms with E-state index in [0.29, 0.717) is 18.7 Å². The smallest absolute Gasteiger partial charge is 0.237 e. The van der Waals surface area contributed by atoms with E-state index >= 15 is 0 Å². The van der Waals surface area contributed by atoms with E-state index in [9.17, 15) is 4.79 Å². The molecule has 0 aliphatic carbocycles. The summed E-state index contributed by atoms with van der Waals surface area (Å²) in [6, 6.07) is 15.1. The molecule has 1 heterocycles. The van der Waals surface area contributed by atoms with Gasteiger partial charge in [-0.25, -0.2) is 4.79 Å². The van der Waals surface area contributed by atoms with Crippen LogP contribution in [0.25, 0.3) is 0 Å². The van der Waals surface area contributed by atoms with E-state index in [1.165, 1.54) is 0 Å². The second-order valence-electron chi connectivity index (χ2n) is 5.11. The van der Waals surface area contributed by atoms with Gasteiger partial charge in [0.05, 0.1) is 12.3 Å². The number of hydrogen-bond acceptors (Lipinski definition) is 5. The van der Waals surface area contributed by atoms with Crippen molar-refractivity contribution in [3.8, 4) is 5.75 Å². The second-order valence-corrected chi connectivity index (χ2v) is 5.11. The van der Waals surface area contributed by atoms with Crippen LogP contribution in [0.5, 0.6) is 5.75 Å². The van der Waals surface area contributed by atoms with Crippen molar-refractivity contribution < 1.29 is 9.53 Å². The molecule has 1 aliphatic heterocycles. The quantitative estimate of drug-likeness (QED) is 0.487. The Balaban J connectivity index is 2.10. The molecule has 0 N–H and O–H groups in total. The first-order valence-corrected chi connectivity index (χ1v) is 7.05. The molecule has 2 aromatic carbocycles. The lowest BCUT2D eigenvalue weighted by molar-refractivity contribution is 0.216. The Bertz CT molecular complexity index is 752. The highest BCUT2D eigenvalue weighted by Crippen LogP contribution is 2.43. The van der Waals surface area contributed by atoms with Crippen molar-refractivity contribution in [3.63, 3.8) is 0 Å². The summed E-state index contributed by atoms with van der Waals surface area (Å²) in [6.07, 6.45) is 2.09. The zero-order chi connectivity index (χ0) is 15.4. The molecular weight excluding hydrogens is 278 g/mol. The van der Waals surface area contributed by atoms with Gasteiger partial charge < -0.3 is 4.74 Å². The maximum atomic E-state index is 11.0. The third-order valence-corrected chi connectivity index (χ3v) is 3.66. The molecule has 2 aromatic rings. The molecule has 0 saturated heterocycles. The Morgan fingerprint density at radius 2 is 1.95 bits per heavy atom. The molecule has 1 atom stereocenters. The highest BCUT2D eigenvalue weighted by atomic mass is 16.5. The predicted octanol–water partition coefficient (Wildman–Crippen LogP) is 4.05. The van der Waals surface area contributed by atoms with Gasteiger partial charge in [0.15, 0.2) is 0 Å². The summed E-state index contributed by atoms with van der Waals surface area (Å²) in [4.78, 5) is 14.9. The van der Waals surface area contributed by atoms with Gasteiger partial charge in [0, 0.05) is 12.0 Å². The van der Waals surface area contributed by atoms with Crippen molar-refractivity contribution >= 4 is 11.8 Å². The SMILES string of the molecule is Cc1cccc2c1OCCC2(N=C=O)N=Nc1ccccc1. The average molecular weight is 293 g/mol. The van der Waals surface area contributed by atoms with Gasteiger partial charge in [0.1, 0.15) is 5.75 Å². The van der Waals surface area contributed by atoms with Crippen LogP contribution >= 0.6 is 0 Å². The van der Waals surface area contributed by atoms with Gasteiger partial charge in [0.25, 0.3) is 0 Å². The summed E-state index contributed by atoms with van der Waals surface area (Å²) in [5.41, 5.74) is 1.39. The van der Waals surface area contributed by atoms with Crippen LogP contribution in [0.1, 0.15) is 17.5 Å². The van der Waals surface area contributed by atoms with E-state index in [2.05, 4.69) is 15.2 Å². The summed E-state index contributed by atoms with van der Waals surface area (Å²) in [5.74, 6) is 0.722. The van der Waals surface area contributed by atoms with Crippen molar-refractivity contribution in [2.45, 2.75) is 19.0 Å². The number of rotatable bonds is 3.